The van der Waals surface area contributed by atoms with Crippen molar-refractivity contribution >= 4 is 11.8 Å². The molecule has 2 aliphatic heterocycles. The SMILES string of the molecule is NC(=O)[C@@H]1CCCN(C(=O)c2ccc(-c3ccc(OCC4CCN(CC5(C(F)(F)F)CCC5)CC4)cc3F)cc2)C1. The lowest BCUT2D eigenvalue weighted by Crippen LogP contribution is -2.53. The van der Waals surface area contributed by atoms with Gasteiger partial charge in [0, 0.05) is 36.8 Å². The maximum absolute atomic E-state index is 15.0. The molecule has 2 N–H and O–H groups in total. The molecule has 2 aromatic carbocycles. The summed E-state index contributed by atoms with van der Waals surface area (Å²) in [4.78, 5) is 28.0. The number of primary amides is 1. The largest absolute Gasteiger partial charge is 0.493 e. The van der Waals surface area contributed by atoms with Gasteiger partial charge >= 0.3 is 6.18 Å². The minimum absolute atomic E-state index is 0.0832. The lowest BCUT2D eigenvalue weighted by molar-refractivity contribution is -0.256. The molecule has 2 aromatic rings. The molecule has 2 saturated heterocycles. The molecule has 0 unspecified atom stereocenters. The third-order valence-corrected chi connectivity index (χ3v) is 9.13. The summed E-state index contributed by atoms with van der Waals surface area (Å²) in [7, 11) is 0. The Kier molecular flexibility index (Phi) is 8.59. The van der Waals surface area contributed by atoms with Gasteiger partial charge in [0.1, 0.15) is 11.6 Å². The molecule has 10 heteroatoms. The standard InChI is InChI=1S/C31H37F4N3O3/c32-27-17-25(41-19-21-10-15-37(16-11-21)20-30(12-2-13-30)31(33,34)35)8-9-26(27)22-4-6-23(7-5-22)29(40)38-14-1-3-24(18-38)28(36)39/h4-9,17,21,24H,1-3,10-16,18-20H2,(H2,36,39)/t24-/m1/s1. The third-order valence-electron chi connectivity index (χ3n) is 9.13. The van der Waals surface area contributed by atoms with E-state index >= 15 is 4.39 Å². The van der Waals surface area contributed by atoms with Crippen LogP contribution in [0.25, 0.3) is 11.1 Å². The minimum atomic E-state index is -4.15. The zero-order valence-electron chi connectivity index (χ0n) is 23.1. The van der Waals surface area contributed by atoms with Crippen molar-refractivity contribution in [2.45, 2.75) is 51.1 Å². The first-order chi connectivity index (χ1) is 19.5. The molecule has 6 nitrogen and oxygen atoms in total. The van der Waals surface area contributed by atoms with Crippen molar-refractivity contribution < 1.29 is 31.9 Å². The molecule has 1 atom stereocenters. The van der Waals surface area contributed by atoms with Gasteiger partial charge in [-0.2, -0.15) is 13.2 Å². The van der Waals surface area contributed by atoms with Crippen LogP contribution in [-0.2, 0) is 4.79 Å². The van der Waals surface area contributed by atoms with Crippen molar-refractivity contribution in [3.63, 3.8) is 0 Å². The Morgan fingerprint density at radius 3 is 2.27 bits per heavy atom. The monoisotopic (exact) mass is 575 g/mol. The zero-order valence-corrected chi connectivity index (χ0v) is 23.1. The lowest BCUT2D eigenvalue weighted by Gasteiger charge is -2.47. The Bertz CT molecular complexity index is 1240. The van der Waals surface area contributed by atoms with Gasteiger partial charge in [-0.15, -0.1) is 0 Å². The molecule has 41 heavy (non-hydrogen) atoms. The van der Waals surface area contributed by atoms with Gasteiger partial charge in [-0.25, -0.2) is 4.39 Å². The van der Waals surface area contributed by atoms with Crippen LogP contribution in [0.4, 0.5) is 17.6 Å². The van der Waals surface area contributed by atoms with Crippen LogP contribution >= 0.6 is 0 Å². The summed E-state index contributed by atoms with van der Waals surface area (Å²) in [6.45, 7) is 2.57. The second-order valence-corrected chi connectivity index (χ2v) is 11.9. The number of ether oxygens (including phenoxy) is 1. The van der Waals surface area contributed by atoms with Gasteiger partial charge in [0.15, 0.2) is 0 Å². The van der Waals surface area contributed by atoms with Crippen LogP contribution in [0.15, 0.2) is 42.5 Å². The highest BCUT2D eigenvalue weighted by atomic mass is 19.4. The number of carbonyl (C=O) groups excluding carboxylic acids is 2. The summed E-state index contributed by atoms with van der Waals surface area (Å²) in [6, 6.07) is 11.4. The van der Waals surface area contributed by atoms with E-state index in [1.54, 1.807) is 41.3 Å². The second-order valence-electron chi connectivity index (χ2n) is 11.9. The maximum Gasteiger partial charge on any atom is 0.395 e. The minimum Gasteiger partial charge on any atom is -0.493 e. The zero-order chi connectivity index (χ0) is 29.2. The number of piperidine rings is 2. The van der Waals surface area contributed by atoms with Crippen molar-refractivity contribution in [1.82, 2.24) is 9.80 Å². The highest BCUT2D eigenvalue weighted by molar-refractivity contribution is 5.95. The number of hydrogen-bond acceptors (Lipinski definition) is 4. The van der Waals surface area contributed by atoms with Crippen LogP contribution in [0.2, 0.25) is 0 Å². The fraction of sp³-hybridized carbons (Fsp3) is 0.548. The van der Waals surface area contributed by atoms with E-state index < -0.39 is 23.3 Å². The maximum atomic E-state index is 15.0. The van der Waals surface area contributed by atoms with Crippen molar-refractivity contribution in [3.05, 3.63) is 53.8 Å². The van der Waals surface area contributed by atoms with Crippen molar-refractivity contribution in [2.24, 2.45) is 23.0 Å². The van der Waals surface area contributed by atoms with Crippen molar-refractivity contribution in [1.29, 1.82) is 0 Å². The van der Waals surface area contributed by atoms with E-state index in [0.717, 1.165) is 19.3 Å². The van der Waals surface area contributed by atoms with Gasteiger partial charge in [0.05, 0.1) is 17.9 Å². The Morgan fingerprint density at radius 2 is 1.68 bits per heavy atom. The molecule has 2 amide bonds. The molecule has 3 fully saturated rings. The van der Waals surface area contributed by atoms with Crippen LogP contribution < -0.4 is 10.5 Å². The normalized spacial score (nSPS) is 21.8. The summed E-state index contributed by atoms with van der Waals surface area (Å²) < 4.78 is 61.4. The molecular formula is C31H37F4N3O3. The van der Waals surface area contributed by atoms with Crippen LogP contribution in [-0.4, -0.2) is 67.1 Å². The number of nitrogens with zero attached hydrogens (tertiary/aromatic N) is 2. The first-order valence-electron chi connectivity index (χ1n) is 14.5. The molecule has 1 aliphatic carbocycles. The third kappa shape index (κ3) is 6.52. The van der Waals surface area contributed by atoms with Gasteiger partial charge in [-0.05, 0) is 87.4 Å². The molecule has 222 valence electrons. The molecule has 2 heterocycles. The molecule has 0 spiro atoms. The van der Waals surface area contributed by atoms with Gasteiger partial charge in [0.2, 0.25) is 5.91 Å². The average Bonchev–Trinajstić information content (AvgIpc) is 2.93. The summed E-state index contributed by atoms with van der Waals surface area (Å²) in [6.07, 6.45) is -0.156. The number of likely N-dealkylation sites (tertiary alicyclic amines) is 2. The van der Waals surface area contributed by atoms with Gasteiger partial charge in [0.25, 0.3) is 5.91 Å². The number of amides is 2. The Balaban J connectivity index is 1.12. The highest BCUT2D eigenvalue weighted by Crippen LogP contribution is 2.53. The summed E-state index contributed by atoms with van der Waals surface area (Å²) in [5.74, 6) is -0.749. The summed E-state index contributed by atoms with van der Waals surface area (Å²) in [5.41, 5.74) is 5.35. The number of carbonyl (C=O) groups is 2. The number of halogens is 4. The molecule has 0 radical (unpaired) electrons. The van der Waals surface area contributed by atoms with Crippen LogP contribution in [0, 0.1) is 23.1 Å². The predicted octanol–water partition coefficient (Wildman–Crippen LogP) is 5.65. The van der Waals surface area contributed by atoms with Crippen LogP contribution in [0.1, 0.15) is 55.3 Å². The molecule has 5 rings (SSSR count). The van der Waals surface area contributed by atoms with Gasteiger partial charge in [-0.3, -0.25) is 9.59 Å². The molecule has 0 aromatic heterocycles. The van der Waals surface area contributed by atoms with E-state index in [0.29, 0.717) is 68.1 Å². The second kappa shape index (κ2) is 12.0. The highest BCUT2D eigenvalue weighted by Gasteiger charge is 2.58. The summed E-state index contributed by atoms with van der Waals surface area (Å²) in [5, 5.41) is 0. The first-order valence-corrected chi connectivity index (χ1v) is 14.5. The Morgan fingerprint density at radius 1 is 0.976 bits per heavy atom. The fourth-order valence-electron chi connectivity index (χ4n) is 6.28. The quantitative estimate of drug-likeness (QED) is 0.413. The number of hydrogen-bond donors (Lipinski definition) is 1. The lowest BCUT2D eigenvalue weighted by atomic mass is 9.67. The topological polar surface area (TPSA) is 75.9 Å². The smallest absolute Gasteiger partial charge is 0.395 e. The first kappa shape index (κ1) is 29.4. The number of alkyl halides is 3. The predicted molar refractivity (Wildman–Crippen MR) is 147 cm³/mol. The van der Waals surface area contributed by atoms with E-state index in [2.05, 4.69) is 0 Å². The molecule has 3 aliphatic rings. The van der Waals surface area contributed by atoms with Crippen LogP contribution in [0.5, 0.6) is 5.75 Å². The number of rotatable bonds is 8. The molecular weight excluding hydrogens is 538 g/mol. The van der Waals surface area contributed by atoms with E-state index in [9.17, 15) is 22.8 Å². The molecule has 1 saturated carbocycles. The summed E-state index contributed by atoms with van der Waals surface area (Å²) >= 11 is 0. The Hall–Kier alpha value is -3.14. The van der Waals surface area contributed by atoms with E-state index in [1.165, 1.54) is 6.07 Å². The van der Waals surface area contributed by atoms with Crippen molar-refractivity contribution in [3.8, 4) is 16.9 Å². The van der Waals surface area contributed by atoms with Crippen molar-refractivity contribution in [2.75, 3.05) is 39.3 Å². The molecule has 0 bridgehead atoms. The fourth-order valence-corrected chi connectivity index (χ4v) is 6.28. The van der Waals surface area contributed by atoms with Gasteiger partial charge < -0.3 is 20.3 Å². The Labute approximate surface area is 237 Å². The number of benzene rings is 2. The average molecular weight is 576 g/mol. The van der Waals surface area contributed by atoms with E-state index in [4.69, 9.17) is 10.5 Å². The van der Waals surface area contributed by atoms with E-state index in [-0.39, 0.29) is 37.1 Å². The van der Waals surface area contributed by atoms with E-state index in [1.807, 2.05) is 4.90 Å². The number of nitrogens with two attached hydrogens (primary N) is 1. The van der Waals surface area contributed by atoms with Crippen LogP contribution in [0.3, 0.4) is 0 Å². The van der Waals surface area contributed by atoms with Gasteiger partial charge in [-0.1, -0.05) is 18.6 Å².